The van der Waals surface area contributed by atoms with Crippen molar-refractivity contribution >= 4 is 0 Å². The van der Waals surface area contributed by atoms with Crippen molar-refractivity contribution in [3.05, 3.63) is 11.7 Å². The Morgan fingerprint density at radius 1 is 1.47 bits per heavy atom. The minimum atomic E-state index is 0.231. The van der Waals surface area contributed by atoms with Gasteiger partial charge < -0.3 is 14.6 Å². The maximum absolute atomic E-state index is 5.61. The van der Waals surface area contributed by atoms with Gasteiger partial charge in [0.1, 0.15) is 0 Å². The van der Waals surface area contributed by atoms with Gasteiger partial charge in [0, 0.05) is 32.7 Å². The summed E-state index contributed by atoms with van der Waals surface area (Å²) in [6.45, 7) is 3.83. The lowest BCUT2D eigenvalue weighted by Crippen LogP contribution is -2.44. The lowest BCUT2D eigenvalue weighted by Gasteiger charge is -2.30. The highest BCUT2D eigenvalue weighted by Gasteiger charge is 2.25. The van der Waals surface area contributed by atoms with Gasteiger partial charge >= 0.3 is 0 Å². The van der Waals surface area contributed by atoms with E-state index in [4.69, 9.17) is 9.26 Å². The van der Waals surface area contributed by atoms with Gasteiger partial charge in [0.25, 0.3) is 0 Å². The van der Waals surface area contributed by atoms with Gasteiger partial charge in [0.05, 0.1) is 12.1 Å². The summed E-state index contributed by atoms with van der Waals surface area (Å²) in [4.78, 5) is 6.80. The van der Waals surface area contributed by atoms with Gasteiger partial charge in [0.15, 0.2) is 5.82 Å². The number of likely N-dealkylation sites (N-methyl/N-ethyl adjacent to an activating group) is 1. The van der Waals surface area contributed by atoms with E-state index in [-0.39, 0.29) is 6.04 Å². The van der Waals surface area contributed by atoms with Gasteiger partial charge in [-0.25, -0.2) is 0 Å². The minimum Gasteiger partial charge on any atom is -0.378 e. The number of ether oxygens (including phenoxy) is 1. The van der Waals surface area contributed by atoms with Crippen LogP contribution in [-0.4, -0.2) is 54.4 Å². The minimum absolute atomic E-state index is 0.231. The second kappa shape index (κ2) is 5.98. The molecule has 3 heterocycles. The highest BCUT2D eigenvalue weighted by atomic mass is 16.5. The Balaban J connectivity index is 1.56. The molecule has 0 amide bonds. The third kappa shape index (κ3) is 3.13. The summed E-state index contributed by atoms with van der Waals surface area (Å²) in [7, 11) is 2.11. The van der Waals surface area contributed by atoms with Gasteiger partial charge in [-0.05, 0) is 26.3 Å². The summed E-state index contributed by atoms with van der Waals surface area (Å²) in [6, 6.07) is 0.231. The first-order chi connectivity index (χ1) is 9.33. The summed E-state index contributed by atoms with van der Waals surface area (Å²) in [5, 5.41) is 7.49. The fourth-order valence-electron chi connectivity index (χ4n) is 2.76. The van der Waals surface area contributed by atoms with E-state index >= 15 is 0 Å². The highest BCUT2D eigenvalue weighted by molar-refractivity contribution is 4.98. The van der Waals surface area contributed by atoms with Crippen molar-refractivity contribution in [3.8, 4) is 0 Å². The molecule has 0 aromatic carbocycles. The predicted octanol–water partition coefficient (Wildman–Crippen LogP) is 0.757. The summed E-state index contributed by atoms with van der Waals surface area (Å²) < 4.78 is 11.0. The van der Waals surface area contributed by atoms with Gasteiger partial charge in [-0.2, -0.15) is 4.98 Å². The van der Waals surface area contributed by atoms with Crippen LogP contribution in [0.5, 0.6) is 0 Å². The lowest BCUT2D eigenvalue weighted by molar-refractivity contribution is 0.102. The monoisotopic (exact) mass is 266 g/mol. The molecule has 2 fully saturated rings. The second-order valence-electron chi connectivity index (χ2n) is 5.42. The SMILES string of the molecule is CN1CCNCC1c1noc(CCC2CCCO2)n1. The Bertz CT molecular complexity index is 403. The average molecular weight is 266 g/mol. The van der Waals surface area contributed by atoms with E-state index in [1.165, 1.54) is 6.42 Å². The van der Waals surface area contributed by atoms with E-state index in [1.807, 2.05) is 0 Å². The third-order valence-corrected chi connectivity index (χ3v) is 4.00. The zero-order valence-electron chi connectivity index (χ0n) is 11.5. The van der Waals surface area contributed by atoms with Crippen LogP contribution < -0.4 is 5.32 Å². The van der Waals surface area contributed by atoms with Crippen LogP contribution >= 0.6 is 0 Å². The Kier molecular flexibility index (Phi) is 4.10. The maximum Gasteiger partial charge on any atom is 0.226 e. The summed E-state index contributed by atoms with van der Waals surface area (Å²) in [6.07, 6.45) is 4.53. The number of aromatic nitrogens is 2. The maximum atomic E-state index is 5.61. The smallest absolute Gasteiger partial charge is 0.226 e. The number of rotatable bonds is 4. The molecular formula is C13H22N4O2. The average Bonchev–Trinajstić information content (AvgIpc) is 3.08. The van der Waals surface area contributed by atoms with Crippen molar-refractivity contribution in [2.24, 2.45) is 0 Å². The molecule has 3 rings (SSSR count). The largest absolute Gasteiger partial charge is 0.378 e. The molecule has 0 saturated carbocycles. The number of hydrogen-bond donors (Lipinski definition) is 1. The van der Waals surface area contributed by atoms with E-state index in [1.54, 1.807) is 0 Å². The number of hydrogen-bond acceptors (Lipinski definition) is 6. The molecule has 2 unspecified atom stereocenters. The van der Waals surface area contributed by atoms with Crippen LogP contribution in [0.4, 0.5) is 0 Å². The van der Waals surface area contributed by atoms with Crippen LogP contribution in [0.1, 0.15) is 37.0 Å². The molecule has 106 valence electrons. The molecule has 2 saturated heterocycles. The van der Waals surface area contributed by atoms with Crippen LogP contribution in [-0.2, 0) is 11.2 Å². The summed E-state index contributed by atoms with van der Waals surface area (Å²) >= 11 is 0. The Morgan fingerprint density at radius 2 is 2.42 bits per heavy atom. The highest BCUT2D eigenvalue weighted by Crippen LogP contribution is 2.20. The molecule has 0 spiro atoms. The molecule has 6 nitrogen and oxygen atoms in total. The van der Waals surface area contributed by atoms with Crippen molar-refractivity contribution in [1.82, 2.24) is 20.4 Å². The van der Waals surface area contributed by atoms with Crippen molar-refractivity contribution in [1.29, 1.82) is 0 Å². The molecule has 1 aromatic heterocycles. The molecule has 2 atom stereocenters. The molecule has 2 aliphatic heterocycles. The number of nitrogens with zero attached hydrogens (tertiary/aromatic N) is 3. The second-order valence-corrected chi connectivity index (χ2v) is 5.42. The molecule has 6 heteroatoms. The number of nitrogens with one attached hydrogen (secondary N) is 1. The van der Waals surface area contributed by atoms with Crippen molar-refractivity contribution < 1.29 is 9.26 Å². The standard InChI is InChI=1S/C13H22N4O2/c1-17-7-6-14-9-11(17)13-15-12(19-16-13)5-4-10-3-2-8-18-10/h10-11,14H,2-9H2,1H3. The zero-order valence-corrected chi connectivity index (χ0v) is 11.5. The molecule has 2 aliphatic rings. The van der Waals surface area contributed by atoms with Gasteiger partial charge in [-0.1, -0.05) is 5.16 Å². The van der Waals surface area contributed by atoms with Gasteiger partial charge in [-0.3, -0.25) is 4.90 Å². The summed E-state index contributed by atoms with van der Waals surface area (Å²) in [5.74, 6) is 1.54. The van der Waals surface area contributed by atoms with Crippen LogP contribution in [0, 0.1) is 0 Å². The normalized spacial score (nSPS) is 28.9. The fourth-order valence-corrected chi connectivity index (χ4v) is 2.76. The Hall–Kier alpha value is -0.980. The fraction of sp³-hybridized carbons (Fsp3) is 0.846. The summed E-state index contributed by atoms with van der Waals surface area (Å²) in [5.41, 5.74) is 0. The van der Waals surface area contributed by atoms with E-state index in [9.17, 15) is 0 Å². The van der Waals surface area contributed by atoms with E-state index < -0.39 is 0 Å². The molecule has 1 aromatic rings. The molecule has 0 aliphatic carbocycles. The van der Waals surface area contributed by atoms with Gasteiger partial charge in [0.2, 0.25) is 5.89 Å². The first-order valence-electron chi connectivity index (χ1n) is 7.18. The number of aryl methyl sites for hydroxylation is 1. The molecule has 19 heavy (non-hydrogen) atoms. The Morgan fingerprint density at radius 3 is 3.21 bits per heavy atom. The van der Waals surface area contributed by atoms with E-state index in [0.717, 1.165) is 57.2 Å². The van der Waals surface area contributed by atoms with Crippen LogP contribution in [0.3, 0.4) is 0 Å². The third-order valence-electron chi connectivity index (χ3n) is 4.00. The van der Waals surface area contributed by atoms with Crippen LogP contribution in [0.2, 0.25) is 0 Å². The van der Waals surface area contributed by atoms with Crippen LogP contribution in [0.15, 0.2) is 4.52 Å². The molecule has 1 N–H and O–H groups in total. The lowest BCUT2D eigenvalue weighted by atomic mass is 10.1. The molecular weight excluding hydrogens is 244 g/mol. The van der Waals surface area contributed by atoms with Crippen molar-refractivity contribution in [2.45, 2.75) is 37.8 Å². The molecule has 0 radical (unpaired) electrons. The van der Waals surface area contributed by atoms with Crippen molar-refractivity contribution in [2.75, 3.05) is 33.3 Å². The van der Waals surface area contributed by atoms with E-state index in [0.29, 0.717) is 6.10 Å². The first-order valence-corrected chi connectivity index (χ1v) is 7.18. The van der Waals surface area contributed by atoms with Gasteiger partial charge in [-0.15, -0.1) is 0 Å². The quantitative estimate of drug-likeness (QED) is 0.868. The predicted molar refractivity (Wildman–Crippen MR) is 69.8 cm³/mol. The Labute approximate surface area is 113 Å². The molecule has 0 bridgehead atoms. The van der Waals surface area contributed by atoms with Crippen molar-refractivity contribution in [3.63, 3.8) is 0 Å². The zero-order chi connectivity index (χ0) is 13.1. The topological polar surface area (TPSA) is 63.4 Å². The number of piperazine rings is 1. The first kappa shape index (κ1) is 13.0. The van der Waals surface area contributed by atoms with Crippen LogP contribution in [0.25, 0.3) is 0 Å². The van der Waals surface area contributed by atoms with E-state index in [2.05, 4.69) is 27.4 Å².